The van der Waals surface area contributed by atoms with Crippen molar-refractivity contribution in [1.82, 2.24) is 0 Å². The van der Waals surface area contributed by atoms with Gasteiger partial charge in [0.1, 0.15) is 0 Å². The molecule has 5 heteroatoms. The van der Waals surface area contributed by atoms with Crippen LogP contribution in [0.15, 0.2) is 0 Å². The van der Waals surface area contributed by atoms with Crippen LogP contribution in [0.2, 0.25) is 0 Å². The number of rotatable bonds is 4. The number of aliphatic hydroxyl groups excluding tert-OH is 1. The lowest BCUT2D eigenvalue weighted by atomic mass is 10.3. The summed E-state index contributed by atoms with van der Waals surface area (Å²) in [7, 11) is 0. The monoisotopic (exact) mass is 188 g/mol. The molecule has 0 aromatic carbocycles. The van der Waals surface area contributed by atoms with Crippen LogP contribution in [0.3, 0.4) is 0 Å². The van der Waals surface area contributed by atoms with E-state index in [1.54, 1.807) is 6.92 Å². The van der Waals surface area contributed by atoms with Crippen LogP contribution >= 0.6 is 11.8 Å². The van der Waals surface area contributed by atoms with E-state index in [-0.39, 0.29) is 5.75 Å². The Morgan fingerprint density at radius 1 is 1.45 bits per heavy atom. The molecule has 0 aliphatic rings. The van der Waals surface area contributed by atoms with Crippen molar-refractivity contribution in [2.24, 2.45) is 0 Å². The van der Waals surface area contributed by atoms with Crippen LogP contribution in [0.4, 0.5) is 13.2 Å². The molecule has 68 valence electrons. The van der Waals surface area contributed by atoms with Crippen molar-refractivity contribution in [2.75, 3.05) is 11.5 Å². The zero-order valence-corrected chi connectivity index (χ0v) is 7.00. The zero-order valence-electron chi connectivity index (χ0n) is 6.19. The summed E-state index contributed by atoms with van der Waals surface area (Å²) in [5.41, 5.74) is 0. The van der Waals surface area contributed by atoms with E-state index in [2.05, 4.69) is 0 Å². The maximum Gasteiger partial charge on any atom is 0.397 e. The largest absolute Gasteiger partial charge is 0.397 e. The molecule has 1 atom stereocenters. The minimum absolute atomic E-state index is 0.163. The first-order valence-corrected chi connectivity index (χ1v) is 4.43. The van der Waals surface area contributed by atoms with Crippen LogP contribution < -0.4 is 0 Å². The number of thioether (sulfide) groups is 1. The smallest absolute Gasteiger partial charge is 0.392 e. The van der Waals surface area contributed by atoms with Gasteiger partial charge in [-0.15, -0.1) is 11.8 Å². The zero-order chi connectivity index (χ0) is 8.91. The topological polar surface area (TPSA) is 20.2 Å². The van der Waals surface area contributed by atoms with Crippen molar-refractivity contribution in [1.29, 1.82) is 0 Å². The van der Waals surface area contributed by atoms with E-state index >= 15 is 0 Å². The Morgan fingerprint density at radius 3 is 2.36 bits per heavy atom. The highest BCUT2D eigenvalue weighted by Gasteiger charge is 2.26. The minimum atomic E-state index is -4.11. The van der Waals surface area contributed by atoms with Gasteiger partial charge in [0.15, 0.2) is 0 Å². The fourth-order valence-corrected chi connectivity index (χ4v) is 1.29. The van der Waals surface area contributed by atoms with Gasteiger partial charge in [0.2, 0.25) is 0 Å². The molecule has 1 unspecified atom stereocenters. The Morgan fingerprint density at radius 2 is 2.00 bits per heavy atom. The molecule has 0 aromatic heterocycles. The Hall–Kier alpha value is 0.100. The van der Waals surface area contributed by atoms with Crippen LogP contribution in [-0.2, 0) is 0 Å². The van der Waals surface area contributed by atoms with E-state index in [4.69, 9.17) is 5.11 Å². The van der Waals surface area contributed by atoms with Gasteiger partial charge in [-0.05, 0) is 6.42 Å². The van der Waals surface area contributed by atoms with E-state index in [9.17, 15) is 13.2 Å². The van der Waals surface area contributed by atoms with Gasteiger partial charge in [0.05, 0.1) is 11.9 Å². The Kier molecular flexibility index (Phi) is 4.92. The average molecular weight is 188 g/mol. The molecule has 0 rings (SSSR count). The molecule has 1 N–H and O–H groups in total. The van der Waals surface area contributed by atoms with E-state index in [0.717, 1.165) is 11.8 Å². The maximum absolute atomic E-state index is 11.5. The molecule has 11 heavy (non-hydrogen) atoms. The van der Waals surface area contributed by atoms with E-state index in [0.29, 0.717) is 6.42 Å². The van der Waals surface area contributed by atoms with Crippen molar-refractivity contribution < 1.29 is 18.3 Å². The molecule has 0 amide bonds. The Labute approximate surface area is 68.0 Å². The number of hydrogen-bond donors (Lipinski definition) is 1. The summed E-state index contributed by atoms with van der Waals surface area (Å²) in [6, 6.07) is 0. The van der Waals surface area contributed by atoms with Crippen molar-refractivity contribution in [2.45, 2.75) is 25.6 Å². The van der Waals surface area contributed by atoms with Crippen molar-refractivity contribution >= 4 is 11.8 Å². The van der Waals surface area contributed by atoms with E-state index in [1.165, 1.54) is 0 Å². The Balaban J connectivity index is 3.28. The molecule has 1 nitrogen and oxygen atoms in total. The van der Waals surface area contributed by atoms with E-state index in [1.807, 2.05) is 0 Å². The summed E-state index contributed by atoms with van der Waals surface area (Å²) in [5, 5.41) is 8.87. The highest BCUT2D eigenvalue weighted by atomic mass is 32.2. The Bertz CT molecular complexity index is 104. The number of halogens is 3. The third-order valence-electron chi connectivity index (χ3n) is 1.05. The summed E-state index contributed by atoms with van der Waals surface area (Å²) in [5.74, 6) is -0.708. The molecule has 0 aliphatic carbocycles. The molecule has 0 spiro atoms. The first-order valence-electron chi connectivity index (χ1n) is 3.28. The first-order chi connectivity index (χ1) is 4.95. The molecule has 0 saturated heterocycles. The second kappa shape index (κ2) is 4.87. The fraction of sp³-hybridized carbons (Fsp3) is 1.00. The third kappa shape index (κ3) is 8.00. The van der Waals surface area contributed by atoms with Crippen LogP contribution in [0.1, 0.15) is 13.3 Å². The quantitative estimate of drug-likeness (QED) is 0.728. The molecule has 0 saturated carbocycles. The number of hydrogen-bond acceptors (Lipinski definition) is 2. The van der Waals surface area contributed by atoms with Gasteiger partial charge in [-0.1, -0.05) is 6.92 Å². The summed E-state index contributed by atoms with van der Waals surface area (Å²) in [4.78, 5) is 0. The summed E-state index contributed by atoms with van der Waals surface area (Å²) < 4.78 is 34.5. The van der Waals surface area contributed by atoms with Crippen LogP contribution in [0.5, 0.6) is 0 Å². The van der Waals surface area contributed by atoms with E-state index < -0.39 is 18.0 Å². The summed E-state index contributed by atoms with van der Waals surface area (Å²) in [6.45, 7) is 1.73. The lowest BCUT2D eigenvalue weighted by molar-refractivity contribution is -0.105. The van der Waals surface area contributed by atoms with Crippen LogP contribution in [0.25, 0.3) is 0 Å². The molecule has 0 aliphatic heterocycles. The molecule has 0 fully saturated rings. The van der Waals surface area contributed by atoms with Crippen LogP contribution in [-0.4, -0.2) is 28.9 Å². The van der Waals surface area contributed by atoms with Gasteiger partial charge >= 0.3 is 6.18 Å². The summed E-state index contributed by atoms with van der Waals surface area (Å²) in [6.07, 6.45) is -4.22. The molecule has 0 heterocycles. The fourth-order valence-electron chi connectivity index (χ4n) is 0.429. The van der Waals surface area contributed by atoms with Gasteiger partial charge in [0.25, 0.3) is 0 Å². The lowest BCUT2D eigenvalue weighted by Gasteiger charge is -2.08. The molecular weight excluding hydrogens is 177 g/mol. The molecular formula is C6H11F3OS. The third-order valence-corrected chi connectivity index (χ3v) is 2.20. The predicted octanol–water partition coefficient (Wildman–Crippen LogP) is 2.05. The first kappa shape index (κ1) is 11.1. The van der Waals surface area contributed by atoms with Gasteiger partial charge in [-0.3, -0.25) is 0 Å². The summed E-state index contributed by atoms with van der Waals surface area (Å²) >= 11 is 0.718. The highest BCUT2D eigenvalue weighted by molar-refractivity contribution is 7.99. The second-order valence-corrected chi connectivity index (χ2v) is 3.22. The molecule has 0 aromatic rings. The van der Waals surface area contributed by atoms with Crippen molar-refractivity contribution in [3.63, 3.8) is 0 Å². The normalized spacial score (nSPS) is 15.0. The molecule has 0 radical (unpaired) electrons. The van der Waals surface area contributed by atoms with Crippen LogP contribution in [0, 0.1) is 0 Å². The minimum Gasteiger partial charge on any atom is -0.392 e. The number of alkyl halides is 3. The SMILES string of the molecule is CCC(O)CSCC(F)(F)F. The second-order valence-electron chi connectivity index (χ2n) is 2.19. The van der Waals surface area contributed by atoms with Crippen molar-refractivity contribution in [3.05, 3.63) is 0 Å². The van der Waals surface area contributed by atoms with Gasteiger partial charge < -0.3 is 5.11 Å². The molecule has 0 bridgehead atoms. The van der Waals surface area contributed by atoms with Gasteiger partial charge in [-0.2, -0.15) is 13.2 Å². The number of aliphatic hydroxyl groups is 1. The average Bonchev–Trinajstić information content (AvgIpc) is 1.85. The maximum atomic E-state index is 11.5. The van der Waals surface area contributed by atoms with Gasteiger partial charge in [0, 0.05) is 5.75 Å². The predicted molar refractivity (Wildman–Crippen MR) is 39.7 cm³/mol. The standard InChI is InChI=1S/C6H11F3OS/c1-2-5(10)3-11-4-6(7,8)9/h5,10H,2-4H2,1H3. The highest BCUT2D eigenvalue weighted by Crippen LogP contribution is 2.21. The van der Waals surface area contributed by atoms with Crippen molar-refractivity contribution in [3.8, 4) is 0 Å². The van der Waals surface area contributed by atoms with Gasteiger partial charge in [-0.25, -0.2) is 0 Å². The lowest BCUT2D eigenvalue weighted by Crippen LogP contribution is -2.15.